The highest BCUT2D eigenvalue weighted by Gasteiger charge is 2.24. The van der Waals surface area contributed by atoms with E-state index in [9.17, 15) is 9.18 Å². The lowest BCUT2D eigenvalue weighted by atomic mass is 10.2. The Bertz CT molecular complexity index is 869. The summed E-state index contributed by atoms with van der Waals surface area (Å²) >= 11 is 0. The molecule has 122 valence electrons. The summed E-state index contributed by atoms with van der Waals surface area (Å²) in [7, 11) is 0. The Hall–Kier alpha value is -2.89. The standard InChI is InChI=1S/C18H17FN4O/c19-14-4-3-5-15-13(14)12-16(21-15)18(24)23-10-8-22(9-11-23)17-6-1-2-7-20-17/h1-7,12,21H,8-11H2. The molecule has 1 amide bonds. The zero-order valence-corrected chi connectivity index (χ0v) is 13.1. The highest BCUT2D eigenvalue weighted by Crippen LogP contribution is 2.20. The molecule has 6 heteroatoms. The molecule has 3 heterocycles. The van der Waals surface area contributed by atoms with Crippen molar-refractivity contribution in [2.24, 2.45) is 0 Å². The normalized spacial score (nSPS) is 15.0. The van der Waals surface area contributed by atoms with Gasteiger partial charge in [0.15, 0.2) is 0 Å². The maximum absolute atomic E-state index is 13.8. The van der Waals surface area contributed by atoms with Crippen LogP contribution in [-0.2, 0) is 0 Å². The maximum atomic E-state index is 13.8. The summed E-state index contributed by atoms with van der Waals surface area (Å²) in [6.07, 6.45) is 1.77. The molecule has 1 aliphatic heterocycles. The number of aromatic amines is 1. The van der Waals surface area contributed by atoms with Crippen LogP contribution in [0.1, 0.15) is 10.5 Å². The SMILES string of the molecule is O=C(c1cc2c(F)cccc2[nH]1)N1CCN(c2ccccn2)CC1. The molecule has 0 spiro atoms. The smallest absolute Gasteiger partial charge is 0.270 e. The summed E-state index contributed by atoms with van der Waals surface area (Å²) in [5.41, 5.74) is 1.08. The van der Waals surface area contributed by atoms with Gasteiger partial charge in [0.25, 0.3) is 5.91 Å². The number of carbonyl (C=O) groups excluding carboxylic acids is 1. The lowest BCUT2D eigenvalue weighted by molar-refractivity contribution is 0.0741. The fraction of sp³-hybridized carbons (Fsp3) is 0.222. The topological polar surface area (TPSA) is 52.2 Å². The zero-order valence-electron chi connectivity index (χ0n) is 13.1. The minimum absolute atomic E-state index is 0.0914. The number of hydrogen-bond donors (Lipinski definition) is 1. The molecule has 24 heavy (non-hydrogen) atoms. The van der Waals surface area contributed by atoms with Gasteiger partial charge in [-0.25, -0.2) is 9.37 Å². The summed E-state index contributed by atoms with van der Waals surface area (Å²) < 4.78 is 13.8. The average molecular weight is 324 g/mol. The highest BCUT2D eigenvalue weighted by atomic mass is 19.1. The van der Waals surface area contributed by atoms with Crippen molar-refractivity contribution in [3.05, 3.63) is 60.2 Å². The number of H-pyrrole nitrogens is 1. The van der Waals surface area contributed by atoms with Crippen LogP contribution in [0.15, 0.2) is 48.7 Å². The first-order chi connectivity index (χ1) is 11.7. The van der Waals surface area contributed by atoms with Gasteiger partial charge in [0.1, 0.15) is 17.3 Å². The van der Waals surface area contributed by atoms with Crippen LogP contribution in [0.5, 0.6) is 0 Å². The van der Waals surface area contributed by atoms with Crippen molar-refractivity contribution in [1.82, 2.24) is 14.9 Å². The Labute approximate surface area is 138 Å². The fourth-order valence-corrected chi connectivity index (χ4v) is 3.08. The largest absolute Gasteiger partial charge is 0.353 e. The van der Waals surface area contributed by atoms with Gasteiger partial charge in [0, 0.05) is 43.3 Å². The first kappa shape index (κ1) is 14.7. The number of fused-ring (bicyclic) bond motifs is 1. The minimum atomic E-state index is -0.317. The van der Waals surface area contributed by atoms with Crippen LogP contribution >= 0.6 is 0 Å². The van der Waals surface area contributed by atoms with Crippen LogP contribution < -0.4 is 4.90 Å². The van der Waals surface area contributed by atoms with Gasteiger partial charge in [0.2, 0.25) is 0 Å². The number of aromatic nitrogens is 2. The number of hydrogen-bond acceptors (Lipinski definition) is 3. The highest BCUT2D eigenvalue weighted by molar-refractivity contribution is 5.98. The lowest BCUT2D eigenvalue weighted by Crippen LogP contribution is -2.49. The van der Waals surface area contributed by atoms with Gasteiger partial charge in [0.05, 0.1) is 0 Å². The van der Waals surface area contributed by atoms with E-state index in [1.165, 1.54) is 6.07 Å². The van der Waals surface area contributed by atoms with E-state index < -0.39 is 0 Å². The molecule has 5 nitrogen and oxygen atoms in total. The van der Waals surface area contributed by atoms with Crippen molar-refractivity contribution in [2.75, 3.05) is 31.1 Å². The summed E-state index contributed by atoms with van der Waals surface area (Å²) in [5.74, 6) is 0.520. The van der Waals surface area contributed by atoms with Gasteiger partial charge < -0.3 is 14.8 Å². The molecule has 0 aliphatic carbocycles. The third-order valence-electron chi connectivity index (χ3n) is 4.38. The molecular formula is C18H17FN4O. The molecule has 0 saturated carbocycles. The third kappa shape index (κ3) is 2.60. The van der Waals surface area contributed by atoms with Crippen molar-refractivity contribution in [3.63, 3.8) is 0 Å². The van der Waals surface area contributed by atoms with Crippen LogP contribution in [-0.4, -0.2) is 47.0 Å². The van der Waals surface area contributed by atoms with Crippen molar-refractivity contribution >= 4 is 22.6 Å². The first-order valence-corrected chi connectivity index (χ1v) is 7.95. The maximum Gasteiger partial charge on any atom is 0.270 e. The van der Waals surface area contributed by atoms with Crippen molar-refractivity contribution in [1.29, 1.82) is 0 Å². The summed E-state index contributed by atoms with van der Waals surface area (Å²) in [6.45, 7) is 2.70. The Morgan fingerprint density at radius 2 is 1.92 bits per heavy atom. The number of nitrogens with one attached hydrogen (secondary N) is 1. The van der Waals surface area contributed by atoms with E-state index in [2.05, 4.69) is 14.9 Å². The molecule has 1 fully saturated rings. The van der Waals surface area contributed by atoms with E-state index >= 15 is 0 Å². The molecule has 0 atom stereocenters. The zero-order chi connectivity index (χ0) is 16.5. The molecular weight excluding hydrogens is 307 g/mol. The molecule has 3 aromatic rings. The predicted octanol–water partition coefficient (Wildman–Crippen LogP) is 2.66. The Morgan fingerprint density at radius 3 is 2.62 bits per heavy atom. The summed E-state index contributed by atoms with van der Waals surface area (Å²) in [4.78, 5) is 24.0. The minimum Gasteiger partial charge on any atom is -0.353 e. The third-order valence-corrected chi connectivity index (χ3v) is 4.38. The second-order valence-corrected chi connectivity index (χ2v) is 5.85. The summed E-state index contributed by atoms with van der Waals surface area (Å²) in [5, 5.41) is 0.452. The molecule has 1 aliphatic rings. The Balaban J connectivity index is 1.48. The predicted molar refractivity (Wildman–Crippen MR) is 90.6 cm³/mol. The monoisotopic (exact) mass is 324 g/mol. The Morgan fingerprint density at radius 1 is 1.08 bits per heavy atom. The average Bonchev–Trinajstić information content (AvgIpc) is 3.08. The molecule has 2 aromatic heterocycles. The molecule has 0 radical (unpaired) electrons. The van der Waals surface area contributed by atoms with Crippen molar-refractivity contribution < 1.29 is 9.18 Å². The van der Waals surface area contributed by atoms with E-state index in [-0.39, 0.29) is 11.7 Å². The fourth-order valence-electron chi connectivity index (χ4n) is 3.08. The molecule has 0 unspecified atom stereocenters. The number of amides is 1. The van der Waals surface area contributed by atoms with E-state index in [0.717, 1.165) is 18.9 Å². The second-order valence-electron chi connectivity index (χ2n) is 5.85. The van der Waals surface area contributed by atoms with Crippen LogP contribution in [0.3, 0.4) is 0 Å². The van der Waals surface area contributed by atoms with Crippen LogP contribution in [0.4, 0.5) is 10.2 Å². The van der Waals surface area contributed by atoms with Gasteiger partial charge in [-0.1, -0.05) is 12.1 Å². The van der Waals surface area contributed by atoms with Crippen LogP contribution in [0, 0.1) is 5.82 Å². The molecule has 1 saturated heterocycles. The number of carbonyl (C=O) groups is 1. The number of anilines is 1. The lowest BCUT2D eigenvalue weighted by Gasteiger charge is -2.35. The summed E-state index contributed by atoms with van der Waals surface area (Å²) in [6, 6.07) is 12.2. The van der Waals surface area contributed by atoms with Gasteiger partial charge in [-0.3, -0.25) is 4.79 Å². The van der Waals surface area contributed by atoms with Crippen LogP contribution in [0.2, 0.25) is 0 Å². The van der Waals surface area contributed by atoms with Gasteiger partial charge >= 0.3 is 0 Å². The van der Waals surface area contributed by atoms with E-state index in [4.69, 9.17) is 0 Å². The molecule has 1 N–H and O–H groups in total. The van der Waals surface area contributed by atoms with Crippen molar-refractivity contribution in [2.45, 2.75) is 0 Å². The number of nitrogens with zero attached hydrogens (tertiary/aromatic N) is 3. The molecule has 1 aromatic carbocycles. The Kier molecular flexibility index (Phi) is 3.65. The van der Waals surface area contributed by atoms with Gasteiger partial charge in [-0.05, 0) is 30.3 Å². The molecule has 4 rings (SSSR count). The van der Waals surface area contributed by atoms with Crippen LogP contribution in [0.25, 0.3) is 10.9 Å². The van der Waals surface area contributed by atoms with E-state index in [1.807, 2.05) is 18.2 Å². The van der Waals surface area contributed by atoms with E-state index in [1.54, 1.807) is 29.3 Å². The number of halogens is 1. The number of rotatable bonds is 2. The van der Waals surface area contributed by atoms with Crippen molar-refractivity contribution in [3.8, 4) is 0 Å². The molecule has 0 bridgehead atoms. The number of piperazine rings is 1. The second kappa shape index (κ2) is 5.96. The van der Waals surface area contributed by atoms with Gasteiger partial charge in [-0.2, -0.15) is 0 Å². The quantitative estimate of drug-likeness (QED) is 0.788. The van der Waals surface area contributed by atoms with Gasteiger partial charge in [-0.15, -0.1) is 0 Å². The van der Waals surface area contributed by atoms with E-state index in [0.29, 0.717) is 29.7 Å². The number of pyridine rings is 1. The first-order valence-electron chi connectivity index (χ1n) is 7.95. The number of benzene rings is 1.